The fourth-order valence-corrected chi connectivity index (χ4v) is 1.34. The highest BCUT2D eigenvalue weighted by Gasteiger charge is 1.97. The molecule has 4 nitrogen and oxygen atoms in total. The first-order chi connectivity index (χ1) is 7.34. The van der Waals surface area contributed by atoms with E-state index in [1.807, 2.05) is 6.92 Å². The zero-order valence-electron chi connectivity index (χ0n) is 9.49. The van der Waals surface area contributed by atoms with Crippen LogP contribution in [0.25, 0.3) is 0 Å². The summed E-state index contributed by atoms with van der Waals surface area (Å²) >= 11 is 0. The van der Waals surface area contributed by atoms with Crippen LogP contribution in [0.5, 0.6) is 0 Å². The number of ether oxygens (including phenoxy) is 1. The second-order valence-corrected chi connectivity index (χ2v) is 3.47. The van der Waals surface area contributed by atoms with Crippen LogP contribution in [0.3, 0.4) is 0 Å². The summed E-state index contributed by atoms with van der Waals surface area (Å²) in [7, 11) is 1.74. The van der Waals surface area contributed by atoms with Gasteiger partial charge in [-0.25, -0.2) is 4.98 Å². The molecule has 0 aliphatic heterocycles. The van der Waals surface area contributed by atoms with Gasteiger partial charge in [0.15, 0.2) is 0 Å². The van der Waals surface area contributed by atoms with Crippen LogP contribution in [-0.2, 0) is 4.74 Å². The zero-order chi connectivity index (χ0) is 10.9. The van der Waals surface area contributed by atoms with Gasteiger partial charge in [0.25, 0.3) is 0 Å². The summed E-state index contributed by atoms with van der Waals surface area (Å²) in [6, 6.07) is 0. The molecule has 84 valence electrons. The number of hydrogen-bond donors (Lipinski definition) is 1. The average molecular weight is 209 g/mol. The lowest BCUT2D eigenvalue weighted by atomic mass is 10.2. The molecule has 0 aromatic carbocycles. The Hall–Kier alpha value is -1.16. The van der Waals surface area contributed by atoms with Gasteiger partial charge in [0, 0.05) is 32.7 Å². The van der Waals surface area contributed by atoms with Crippen molar-refractivity contribution in [2.45, 2.75) is 26.2 Å². The van der Waals surface area contributed by atoms with Crippen molar-refractivity contribution in [1.82, 2.24) is 9.97 Å². The zero-order valence-corrected chi connectivity index (χ0v) is 9.49. The van der Waals surface area contributed by atoms with E-state index in [0.29, 0.717) is 0 Å². The van der Waals surface area contributed by atoms with E-state index in [2.05, 4.69) is 15.3 Å². The van der Waals surface area contributed by atoms with Gasteiger partial charge in [-0.05, 0) is 26.2 Å². The van der Waals surface area contributed by atoms with Gasteiger partial charge in [0.2, 0.25) is 0 Å². The van der Waals surface area contributed by atoms with E-state index in [1.54, 1.807) is 19.5 Å². The number of unbranched alkanes of at least 4 members (excludes halogenated alkanes) is 2. The summed E-state index contributed by atoms with van der Waals surface area (Å²) in [5.74, 6) is 0.893. The van der Waals surface area contributed by atoms with Crippen LogP contribution in [0.2, 0.25) is 0 Å². The van der Waals surface area contributed by atoms with Crippen molar-refractivity contribution >= 4 is 5.82 Å². The molecule has 15 heavy (non-hydrogen) atoms. The average Bonchev–Trinajstić information content (AvgIpc) is 2.25. The summed E-state index contributed by atoms with van der Waals surface area (Å²) < 4.78 is 4.98. The molecule has 1 rings (SSSR count). The van der Waals surface area contributed by atoms with E-state index in [0.717, 1.165) is 37.5 Å². The van der Waals surface area contributed by atoms with Gasteiger partial charge in [0.05, 0.1) is 5.69 Å². The van der Waals surface area contributed by atoms with Crippen molar-refractivity contribution < 1.29 is 4.74 Å². The molecule has 0 bridgehead atoms. The monoisotopic (exact) mass is 209 g/mol. The molecule has 0 saturated heterocycles. The standard InChI is InChI=1S/C11H19N3O/c1-10-11(14-8-7-12-10)13-6-4-3-5-9-15-2/h7-8H,3-6,9H2,1-2H3,(H,13,14). The first-order valence-electron chi connectivity index (χ1n) is 5.35. The number of aromatic nitrogens is 2. The highest BCUT2D eigenvalue weighted by molar-refractivity contribution is 5.37. The van der Waals surface area contributed by atoms with Gasteiger partial charge >= 0.3 is 0 Å². The molecule has 0 fully saturated rings. The number of nitrogens with zero attached hydrogens (tertiary/aromatic N) is 2. The van der Waals surface area contributed by atoms with Gasteiger partial charge in [-0.3, -0.25) is 4.98 Å². The normalized spacial score (nSPS) is 10.3. The third kappa shape index (κ3) is 4.74. The first-order valence-corrected chi connectivity index (χ1v) is 5.35. The lowest BCUT2D eigenvalue weighted by Crippen LogP contribution is -2.06. The smallest absolute Gasteiger partial charge is 0.147 e. The highest BCUT2D eigenvalue weighted by Crippen LogP contribution is 2.06. The van der Waals surface area contributed by atoms with E-state index in [-0.39, 0.29) is 0 Å². The minimum atomic E-state index is 0.851. The van der Waals surface area contributed by atoms with Crippen molar-refractivity contribution in [2.75, 3.05) is 25.6 Å². The molecule has 0 saturated carbocycles. The van der Waals surface area contributed by atoms with E-state index >= 15 is 0 Å². The van der Waals surface area contributed by atoms with Crippen LogP contribution in [0, 0.1) is 6.92 Å². The van der Waals surface area contributed by atoms with E-state index in [9.17, 15) is 0 Å². The van der Waals surface area contributed by atoms with Crippen molar-refractivity contribution in [3.63, 3.8) is 0 Å². The molecule has 1 aromatic rings. The van der Waals surface area contributed by atoms with E-state index in [1.165, 1.54) is 6.42 Å². The maximum atomic E-state index is 4.98. The minimum absolute atomic E-state index is 0.851. The van der Waals surface area contributed by atoms with Gasteiger partial charge in [0.1, 0.15) is 5.82 Å². The molecule has 0 aliphatic carbocycles. The fraction of sp³-hybridized carbons (Fsp3) is 0.636. The Balaban J connectivity index is 2.12. The molecule has 1 heterocycles. The van der Waals surface area contributed by atoms with E-state index < -0.39 is 0 Å². The van der Waals surface area contributed by atoms with Crippen molar-refractivity contribution in [3.05, 3.63) is 18.1 Å². The minimum Gasteiger partial charge on any atom is -0.385 e. The quantitative estimate of drug-likeness (QED) is 0.698. The molecule has 0 atom stereocenters. The molecule has 0 aliphatic rings. The molecular weight excluding hydrogens is 190 g/mol. The highest BCUT2D eigenvalue weighted by atomic mass is 16.5. The lowest BCUT2D eigenvalue weighted by molar-refractivity contribution is 0.192. The van der Waals surface area contributed by atoms with Crippen molar-refractivity contribution in [3.8, 4) is 0 Å². The van der Waals surface area contributed by atoms with Gasteiger partial charge in [-0.1, -0.05) is 0 Å². The Bertz CT molecular complexity index is 278. The molecule has 0 amide bonds. The predicted octanol–water partition coefficient (Wildman–Crippen LogP) is 2.01. The van der Waals surface area contributed by atoms with Crippen molar-refractivity contribution in [2.24, 2.45) is 0 Å². The third-order valence-corrected chi connectivity index (χ3v) is 2.20. The molecule has 0 radical (unpaired) electrons. The fourth-order valence-electron chi connectivity index (χ4n) is 1.34. The van der Waals surface area contributed by atoms with Crippen LogP contribution in [0.15, 0.2) is 12.4 Å². The summed E-state index contributed by atoms with van der Waals surface area (Å²) in [6.07, 6.45) is 6.86. The predicted molar refractivity (Wildman–Crippen MR) is 61.0 cm³/mol. The molecule has 4 heteroatoms. The Morgan fingerprint density at radius 2 is 2.00 bits per heavy atom. The Morgan fingerprint density at radius 1 is 1.20 bits per heavy atom. The number of nitrogens with one attached hydrogen (secondary N) is 1. The second kappa shape index (κ2) is 7.17. The summed E-state index contributed by atoms with van der Waals surface area (Å²) in [6.45, 7) is 3.76. The number of anilines is 1. The Kier molecular flexibility index (Phi) is 5.70. The number of methoxy groups -OCH3 is 1. The SMILES string of the molecule is COCCCCCNc1nccnc1C. The van der Waals surface area contributed by atoms with Crippen LogP contribution in [0.1, 0.15) is 25.0 Å². The summed E-state index contributed by atoms with van der Waals surface area (Å²) in [5, 5.41) is 3.28. The van der Waals surface area contributed by atoms with Crippen LogP contribution in [0.4, 0.5) is 5.82 Å². The first kappa shape index (κ1) is 11.9. The summed E-state index contributed by atoms with van der Waals surface area (Å²) in [5.41, 5.74) is 0.953. The molecule has 0 spiro atoms. The Morgan fingerprint density at radius 3 is 2.73 bits per heavy atom. The largest absolute Gasteiger partial charge is 0.385 e. The maximum Gasteiger partial charge on any atom is 0.147 e. The van der Waals surface area contributed by atoms with E-state index in [4.69, 9.17) is 4.74 Å². The second-order valence-electron chi connectivity index (χ2n) is 3.47. The topological polar surface area (TPSA) is 47.0 Å². The molecule has 0 unspecified atom stereocenters. The van der Waals surface area contributed by atoms with Crippen LogP contribution >= 0.6 is 0 Å². The maximum absolute atomic E-state index is 4.98. The Labute approximate surface area is 91.1 Å². The van der Waals surface area contributed by atoms with Crippen molar-refractivity contribution in [1.29, 1.82) is 0 Å². The summed E-state index contributed by atoms with van der Waals surface area (Å²) in [4.78, 5) is 8.38. The molecule has 1 N–H and O–H groups in total. The number of hydrogen-bond acceptors (Lipinski definition) is 4. The van der Waals surface area contributed by atoms with Gasteiger partial charge in [-0.15, -0.1) is 0 Å². The van der Waals surface area contributed by atoms with Crippen LogP contribution in [-0.4, -0.2) is 30.2 Å². The molecule has 1 aromatic heterocycles. The van der Waals surface area contributed by atoms with Gasteiger partial charge in [-0.2, -0.15) is 0 Å². The number of rotatable bonds is 7. The lowest BCUT2D eigenvalue weighted by Gasteiger charge is -2.06. The number of aryl methyl sites for hydroxylation is 1. The third-order valence-electron chi connectivity index (χ3n) is 2.20. The van der Waals surface area contributed by atoms with Crippen LogP contribution < -0.4 is 5.32 Å². The molecular formula is C11H19N3O. The van der Waals surface area contributed by atoms with Gasteiger partial charge < -0.3 is 10.1 Å².